The number of aromatic hydroxyl groups is 4. The van der Waals surface area contributed by atoms with Gasteiger partial charge in [-0.3, -0.25) is 0 Å². The summed E-state index contributed by atoms with van der Waals surface area (Å²) in [4.78, 5) is 12.5. The van der Waals surface area contributed by atoms with E-state index in [2.05, 4.69) is 0 Å². The summed E-state index contributed by atoms with van der Waals surface area (Å²) in [5.41, 5.74) is -2.24. The largest absolute Gasteiger partial charge is 0.504 e. The number of benzene rings is 2. The molecule has 9 N–H and O–H groups in total. The van der Waals surface area contributed by atoms with Crippen LogP contribution < -0.4 is 0 Å². The van der Waals surface area contributed by atoms with Crippen LogP contribution in [0.15, 0.2) is 42.5 Å². The SMILES string of the molecule is CCOC1OC(COC(=O)C=Cc2ccc(O)c(O)c2)C(O)C(OC2OC(C)C(O)C(O)C2O)C1(O)c1ccc(O)c(O)c1. The Bertz CT molecular complexity index is 1330. The van der Waals surface area contributed by atoms with Crippen LogP contribution in [-0.2, 0) is 34.1 Å². The van der Waals surface area contributed by atoms with Crippen LogP contribution in [0.3, 0.4) is 0 Å². The monoisotopic (exact) mass is 624 g/mol. The smallest absolute Gasteiger partial charge is 0.330 e. The molecule has 0 saturated carbocycles. The van der Waals surface area contributed by atoms with Crippen LogP contribution in [0.5, 0.6) is 23.0 Å². The van der Waals surface area contributed by atoms with Gasteiger partial charge in [0.2, 0.25) is 0 Å². The molecule has 2 aliphatic rings. The first-order valence-electron chi connectivity index (χ1n) is 13.7. The van der Waals surface area contributed by atoms with Crippen molar-refractivity contribution in [1.82, 2.24) is 0 Å². The first-order valence-corrected chi connectivity index (χ1v) is 13.7. The molecule has 2 aliphatic heterocycles. The summed E-state index contributed by atoms with van der Waals surface area (Å²) in [6.07, 6.45) is -12.2. The van der Waals surface area contributed by atoms with E-state index in [9.17, 15) is 50.8 Å². The molecule has 0 aliphatic carbocycles. The van der Waals surface area contributed by atoms with Crippen molar-refractivity contribution >= 4 is 12.0 Å². The van der Waals surface area contributed by atoms with Gasteiger partial charge in [-0.25, -0.2) is 4.79 Å². The minimum absolute atomic E-state index is 0.0426. The van der Waals surface area contributed by atoms with Crippen LogP contribution in [0.1, 0.15) is 25.0 Å². The number of aliphatic hydroxyl groups is 5. The standard InChI is InChI=1S/C29H36O15/c1-3-40-28-29(39,15-6-8-17(31)19(33)11-15)26(44-27-25(38)24(37)22(35)13(2)42-27)23(36)20(43-28)12-41-21(34)9-5-14-4-7-16(30)18(32)10-14/h4-11,13,20,22-28,30-33,35-39H,3,12H2,1-2H3. The van der Waals surface area contributed by atoms with Gasteiger partial charge in [-0.2, -0.15) is 0 Å². The Balaban J connectivity index is 1.62. The van der Waals surface area contributed by atoms with E-state index < -0.39 is 90.7 Å². The zero-order chi connectivity index (χ0) is 32.3. The molecule has 2 fully saturated rings. The number of aliphatic hydroxyl groups excluding tert-OH is 4. The van der Waals surface area contributed by atoms with E-state index >= 15 is 0 Å². The molecule has 2 aromatic rings. The molecule has 2 heterocycles. The third kappa shape index (κ3) is 6.76. The summed E-state index contributed by atoms with van der Waals surface area (Å²) >= 11 is 0. The lowest BCUT2D eigenvalue weighted by Gasteiger charge is -2.51. The van der Waals surface area contributed by atoms with Crippen molar-refractivity contribution in [2.24, 2.45) is 0 Å². The summed E-state index contributed by atoms with van der Waals surface area (Å²) < 4.78 is 28.1. The third-order valence-electron chi connectivity index (χ3n) is 7.43. The molecule has 0 aromatic heterocycles. The number of ether oxygens (including phenoxy) is 5. The van der Waals surface area contributed by atoms with E-state index in [1.54, 1.807) is 6.92 Å². The zero-order valence-corrected chi connectivity index (χ0v) is 23.7. The molecule has 0 spiro atoms. The maximum absolute atomic E-state index is 12.5. The number of esters is 1. The van der Waals surface area contributed by atoms with Gasteiger partial charge >= 0.3 is 5.97 Å². The lowest BCUT2D eigenvalue weighted by molar-refractivity contribution is -0.387. The molecule has 0 amide bonds. The van der Waals surface area contributed by atoms with Crippen molar-refractivity contribution in [3.8, 4) is 23.0 Å². The molecule has 0 bridgehead atoms. The molecule has 15 nitrogen and oxygen atoms in total. The van der Waals surface area contributed by atoms with Crippen molar-refractivity contribution in [3.63, 3.8) is 0 Å². The highest BCUT2D eigenvalue weighted by Gasteiger charge is 2.60. The number of phenols is 4. The van der Waals surface area contributed by atoms with Gasteiger partial charge in [-0.15, -0.1) is 0 Å². The molecule has 10 atom stereocenters. The van der Waals surface area contributed by atoms with Crippen LogP contribution in [0.4, 0.5) is 0 Å². The topological polar surface area (TPSA) is 245 Å². The van der Waals surface area contributed by atoms with Crippen molar-refractivity contribution in [1.29, 1.82) is 0 Å². The van der Waals surface area contributed by atoms with Crippen LogP contribution in [0, 0.1) is 0 Å². The fourth-order valence-electron chi connectivity index (χ4n) is 4.94. The second kappa shape index (κ2) is 13.6. The van der Waals surface area contributed by atoms with Crippen molar-refractivity contribution in [3.05, 3.63) is 53.6 Å². The second-order valence-corrected chi connectivity index (χ2v) is 10.4. The summed E-state index contributed by atoms with van der Waals surface area (Å²) in [6.45, 7) is 2.34. The quantitative estimate of drug-likeness (QED) is 0.0950. The number of hydrogen-bond acceptors (Lipinski definition) is 15. The van der Waals surface area contributed by atoms with Gasteiger partial charge < -0.3 is 69.6 Å². The summed E-state index contributed by atoms with van der Waals surface area (Å²) in [5, 5.41) is 93.6. The van der Waals surface area contributed by atoms with E-state index in [0.717, 1.165) is 18.2 Å². The van der Waals surface area contributed by atoms with E-state index in [4.69, 9.17) is 23.7 Å². The Labute approximate surface area is 251 Å². The highest BCUT2D eigenvalue weighted by Crippen LogP contribution is 2.44. The van der Waals surface area contributed by atoms with Crippen LogP contribution in [0.25, 0.3) is 6.08 Å². The molecule has 242 valence electrons. The van der Waals surface area contributed by atoms with E-state index in [-0.39, 0.29) is 17.9 Å². The van der Waals surface area contributed by atoms with Crippen LogP contribution >= 0.6 is 0 Å². The van der Waals surface area contributed by atoms with Crippen molar-refractivity contribution < 1.29 is 74.4 Å². The maximum atomic E-state index is 12.5. The van der Waals surface area contributed by atoms with Crippen molar-refractivity contribution in [2.75, 3.05) is 13.2 Å². The number of carbonyl (C=O) groups is 1. The Kier molecular flexibility index (Phi) is 10.3. The Morgan fingerprint density at radius 3 is 2.18 bits per heavy atom. The number of hydrogen-bond donors (Lipinski definition) is 9. The molecule has 10 unspecified atom stereocenters. The van der Waals surface area contributed by atoms with Gasteiger partial charge in [0.15, 0.2) is 41.2 Å². The van der Waals surface area contributed by atoms with Gasteiger partial charge in [0.05, 0.1) is 6.10 Å². The first-order chi connectivity index (χ1) is 20.8. The van der Waals surface area contributed by atoms with Gasteiger partial charge in [-0.1, -0.05) is 12.1 Å². The Morgan fingerprint density at radius 1 is 0.886 bits per heavy atom. The normalized spacial score (nSPS) is 34.2. The predicted molar refractivity (Wildman–Crippen MR) is 147 cm³/mol. The third-order valence-corrected chi connectivity index (χ3v) is 7.43. The van der Waals surface area contributed by atoms with E-state index in [1.807, 2.05) is 0 Å². The number of carbonyl (C=O) groups excluding carboxylic acids is 1. The van der Waals surface area contributed by atoms with Crippen LogP contribution in [0.2, 0.25) is 0 Å². The number of rotatable bonds is 9. The van der Waals surface area contributed by atoms with E-state index in [1.165, 1.54) is 37.3 Å². The lowest BCUT2D eigenvalue weighted by atomic mass is 9.80. The van der Waals surface area contributed by atoms with E-state index in [0.29, 0.717) is 5.56 Å². The van der Waals surface area contributed by atoms with Gasteiger partial charge in [0.25, 0.3) is 0 Å². The Morgan fingerprint density at radius 2 is 1.55 bits per heavy atom. The van der Waals surface area contributed by atoms with Crippen molar-refractivity contribution in [2.45, 2.75) is 74.8 Å². The van der Waals surface area contributed by atoms with Crippen LogP contribution in [-0.4, -0.2) is 120 Å². The molecule has 2 aromatic carbocycles. The highest BCUT2D eigenvalue weighted by atomic mass is 16.7. The zero-order valence-electron chi connectivity index (χ0n) is 23.7. The summed E-state index contributed by atoms with van der Waals surface area (Å²) in [5.74, 6) is -2.78. The van der Waals surface area contributed by atoms with Gasteiger partial charge in [0, 0.05) is 12.7 Å². The Hall–Kier alpha value is -3.51. The predicted octanol–water partition coefficient (Wildman–Crippen LogP) is -0.712. The molecule has 4 rings (SSSR count). The fourth-order valence-corrected chi connectivity index (χ4v) is 4.94. The highest BCUT2D eigenvalue weighted by molar-refractivity contribution is 5.87. The average Bonchev–Trinajstić information content (AvgIpc) is 2.99. The molecular weight excluding hydrogens is 588 g/mol. The molecule has 15 heteroatoms. The minimum atomic E-state index is -2.46. The maximum Gasteiger partial charge on any atom is 0.330 e. The first kappa shape index (κ1) is 33.4. The fraction of sp³-hybridized carbons (Fsp3) is 0.483. The molecule has 0 radical (unpaired) electrons. The molecule has 2 saturated heterocycles. The molecule has 44 heavy (non-hydrogen) atoms. The minimum Gasteiger partial charge on any atom is -0.504 e. The average molecular weight is 625 g/mol. The summed E-state index contributed by atoms with van der Waals surface area (Å²) in [6, 6.07) is 7.13. The molecular formula is C29H36O15. The lowest BCUT2D eigenvalue weighted by Crippen LogP contribution is -2.68. The summed E-state index contributed by atoms with van der Waals surface area (Å²) in [7, 11) is 0. The van der Waals surface area contributed by atoms with Gasteiger partial charge in [-0.05, 0) is 55.3 Å². The number of phenolic OH excluding ortho intramolecular Hbond substituents is 4. The second-order valence-electron chi connectivity index (χ2n) is 10.4. The van der Waals surface area contributed by atoms with Gasteiger partial charge in [0.1, 0.15) is 43.2 Å².